The first-order valence-electron chi connectivity index (χ1n) is 20.5. The van der Waals surface area contributed by atoms with Crippen LogP contribution >= 0.6 is 0 Å². The van der Waals surface area contributed by atoms with Gasteiger partial charge in [0.25, 0.3) is 0 Å². The Bertz CT molecular complexity index is 3050. The summed E-state index contributed by atoms with van der Waals surface area (Å²) >= 11 is 0. The molecule has 0 radical (unpaired) electrons. The number of phenols is 1. The Morgan fingerprint density at radius 1 is 0.617 bits per heavy atom. The molecule has 3 heterocycles. The van der Waals surface area contributed by atoms with E-state index in [-0.39, 0.29) is 43.1 Å². The summed E-state index contributed by atoms with van der Waals surface area (Å²) < 4.78 is 8.82. The molecule has 6 aromatic carbocycles. The topological polar surface area (TPSA) is 64.1 Å². The van der Waals surface area contributed by atoms with Crippen LogP contribution in [0.2, 0.25) is 0 Å². The number of furan rings is 1. The van der Waals surface area contributed by atoms with Crippen LogP contribution in [-0.2, 0) is 37.3 Å². The fraction of sp³-hybridized carbons (Fsp3) is 0.222. The van der Waals surface area contributed by atoms with Gasteiger partial charge in [-0.3, -0.25) is 9.55 Å². The summed E-state index contributed by atoms with van der Waals surface area (Å²) in [6.07, 6.45) is 1.81. The number of pyridine rings is 1. The third-order valence-electron chi connectivity index (χ3n) is 11.5. The summed E-state index contributed by atoms with van der Waals surface area (Å²) in [6, 6.07) is 48.0. The Hall–Kier alpha value is -5.77. The van der Waals surface area contributed by atoms with Crippen LogP contribution in [0, 0.1) is 6.07 Å². The Labute approximate surface area is 367 Å². The minimum Gasteiger partial charge on any atom is -0.507 e. The molecular formula is C54H50N3O2Pt-. The van der Waals surface area contributed by atoms with Gasteiger partial charge in [0.1, 0.15) is 17.2 Å². The molecule has 9 rings (SSSR count). The number of hydrogen-bond acceptors (Lipinski definition) is 4. The van der Waals surface area contributed by atoms with Crippen LogP contribution in [-0.4, -0.2) is 19.6 Å². The van der Waals surface area contributed by atoms with Crippen molar-refractivity contribution in [3.63, 3.8) is 0 Å². The monoisotopic (exact) mass is 967 g/mol. The van der Waals surface area contributed by atoms with Crippen molar-refractivity contribution >= 4 is 33.0 Å². The standard InChI is InChI=1S/C54H50N3O2.Pt/c1-52(2,3)35-25-26-44(39(30-35)33-18-11-10-12-19-33)57-45-23-17-21-37(49(45)56-51(57)41-31-36(53(4,5)6)32-42(50(41)58)54(7,8)9)40-28-34(43-22-15-16-27-55-43)29-47-48(40)38-20-13-14-24-46(38)59-47;/h10-27,29-32,58H,1-9H3;/q-1;. The van der Waals surface area contributed by atoms with Crippen molar-refractivity contribution in [3.05, 3.63) is 156 Å². The third-order valence-corrected chi connectivity index (χ3v) is 11.5. The number of imidazole rings is 1. The molecule has 304 valence electrons. The zero-order chi connectivity index (χ0) is 41.4. The summed E-state index contributed by atoms with van der Waals surface area (Å²) in [5.41, 5.74) is 13.2. The van der Waals surface area contributed by atoms with E-state index in [0.717, 1.165) is 83.3 Å². The summed E-state index contributed by atoms with van der Waals surface area (Å²) in [4.78, 5) is 10.4. The molecule has 9 aromatic rings. The Morgan fingerprint density at radius 3 is 2.02 bits per heavy atom. The fourth-order valence-corrected chi connectivity index (χ4v) is 8.23. The third kappa shape index (κ3) is 7.17. The van der Waals surface area contributed by atoms with Gasteiger partial charge in [-0.15, -0.1) is 11.6 Å². The smallest absolute Gasteiger partial charge is 0.148 e. The molecule has 0 spiro atoms. The molecule has 0 aliphatic heterocycles. The molecule has 0 unspecified atom stereocenters. The van der Waals surface area contributed by atoms with Crippen molar-refractivity contribution in [1.82, 2.24) is 14.5 Å². The molecule has 1 N–H and O–H groups in total. The minimum absolute atomic E-state index is 0. The van der Waals surface area contributed by atoms with E-state index in [0.29, 0.717) is 11.4 Å². The first-order valence-corrected chi connectivity index (χ1v) is 20.5. The number of para-hydroxylation sites is 2. The molecule has 6 heteroatoms. The molecule has 0 aliphatic rings. The van der Waals surface area contributed by atoms with Gasteiger partial charge >= 0.3 is 0 Å². The molecular weight excluding hydrogens is 918 g/mol. The molecule has 0 saturated heterocycles. The van der Waals surface area contributed by atoms with Crippen LogP contribution in [0.3, 0.4) is 0 Å². The second kappa shape index (κ2) is 15.0. The molecule has 5 nitrogen and oxygen atoms in total. The maximum atomic E-state index is 12.5. The van der Waals surface area contributed by atoms with E-state index < -0.39 is 0 Å². The number of phenolic OH excluding ortho intramolecular Hbond substituents is 1. The van der Waals surface area contributed by atoms with E-state index in [1.807, 2.05) is 42.5 Å². The Morgan fingerprint density at radius 2 is 1.32 bits per heavy atom. The van der Waals surface area contributed by atoms with Crippen LogP contribution in [0.4, 0.5) is 0 Å². The van der Waals surface area contributed by atoms with Crippen molar-refractivity contribution < 1.29 is 30.6 Å². The van der Waals surface area contributed by atoms with Crippen LogP contribution < -0.4 is 0 Å². The molecule has 0 atom stereocenters. The first-order chi connectivity index (χ1) is 28.1. The van der Waals surface area contributed by atoms with E-state index in [4.69, 9.17) is 14.4 Å². The first kappa shape index (κ1) is 41.0. The van der Waals surface area contributed by atoms with E-state index >= 15 is 0 Å². The summed E-state index contributed by atoms with van der Waals surface area (Å²) in [5.74, 6) is 0.902. The fourth-order valence-electron chi connectivity index (χ4n) is 8.23. The number of benzene rings is 6. The second-order valence-electron chi connectivity index (χ2n) is 18.8. The number of aromatic hydroxyl groups is 1. The van der Waals surface area contributed by atoms with Gasteiger partial charge in [0.15, 0.2) is 0 Å². The summed E-state index contributed by atoms with van der Waals surface area (Å²) in [5, 5.41) is 14.5. The molecule has 0 bridgehead atoms. The number of hydrogen-bond donors (Lipinski definition) is 1. The number of fused-ring (bicyclic) bond motifs is 4. The number of rotatable bonds is 5. The van der Waals surface area contributed by atoms with E-state index in [1.54, 1.807) is 6.20 Å². The normalized spacial score (nSPS) is 12.3. The van der Waals surface area contributed by atoms with E-state index in [9.17, 15) is 5.11 Å². The van der Waals surface area contributed by atoms with Gasteiger partial charge in [0.05, 0.1) is 27.9 Å². The van der Waals surface area contributed by atoms with Crippen LogP contribution in [0.1, 0.15) is 79.0 Å². The molecule has 0 amide bonds. The van der Waals surface area contributed by atoms with Crippen LogP contribution in [0.25, 0.3) is 83.6 Å². The summed E-state index contributed by atoms with van der Waals surface area (Å²) in [7, 11) is 0. The SMILES string of the molecule is CC(C)(C)c1ccc(-n2c(-c3cc(C(C)(C)C)cc(C(C)(C)C)c3O)nc3c(-c4[c-]c(-c5ccccn5)cc5oc6ccccc6c45)cccc32)c(-c2ccccc2)c1.[Pt]. The van der Waals surface area contributed by atoms with Crippen LogP contribution in [0.5, 0.6) is 5.75 Å². The van der Waals surface area contributed by atoms with Crippen LogP contribution in [0.15, 0.2) is 138 Å². The van der Waals surface area contributed by atoms with E-state index in [2.05, 4.69) is 158 Å². The van der Waals surface area contributed by atoms with Crippen molar-refractivity contribution in [3.8, 4) is 56.3 Å². The molecule has 60 heavy (non-hydrogen) atoms. The maximum Gasteiger partial charge on any atom is 0.148 e. The van der Waals surface area contributed by atoms with E-state index in [1.165, 1.54) is 5.56 Å². The van der Waals surface area contributed by atoms with Gasteiger partial charge in [0, 0.05) is 44.1 Å². The summed E-state index contributed by atoms with van der Waals surface area (Å²) in [6.45, 7) is 19.9. The second-order valence-corrected chi connectivity index (χ2v) is 18.8. The van der Waals surface area contributed by atoms with Gasteiger partial charge in [-0.1, -0.05) is 164 Å². The number of aromatic nitrogens is 3. The average Bonchev–Trinajstić information content (AvgIpc) is 3.79. The molecule has 0 aliphatic carbocycles. The van der Waals surface area contributed by atoms with Gasteiger partial charge in [-0.25, -0.2) is 4.98 Å². The van der Waals surface area contributed by atoms with Crippen molar-refractivity contribution in [2.75, 3.05) is 0 Å². The van der Waals surface area contributed by atoms with Crippen molar-refractivity contribution in [2.24, 2.45) is 0 Å². The van der Waals surface area contributed by atoms with Crippen molar-refractivity contribution in [1.29, 1.82) is 0 Å². The van der Waals surface area contributed by atoms with Gasteiger partial charge in [-0.2, -0.15) is 0 Å². The quantitative estimate of drug-likeness (QED) is 0.175. The van der Waals surface area contributed by atoms with Gasteiger partial charge in [0.2, 0.25) is 0 Å². The maximum absolute atomic E-state index is 12.5. The zero-order valence-electron chi connectivity index (χ0n) is 35.7. The molecule has 3 aromatic heterocycles. The van der Waals surface area contributed by atoms with Gasteiger partial charge in [-0.05, 0) is 80.1 Å². The zero-order valence-corrected chi connectivity index (χ0v) is 38.0. The van der Waals surface area contributed by atoms with Crippen molar-refractivity contribution in [2.45, 2.75) is 78.6 Å². The largest absolute Gasteiger partial charge is 0.507 e. The molecule has 0 fully saturated rings. The predicted octanol–water partition coefficient (Wildman–Crippen LogP) is 14.4. The average molecular weight is 968 g/mol. The predicted molar refractivity (Wildman–Crippen MR) is 244 cm³/mol. The number of nitrogens with zero attached hydrogens (tertiary/aromatic N) is 3. The Balaban J connectivity index is 0.00000499. The minimum atomic E-state index is -0.333. The Kier molecular flexibility index (Phi) is 10.3. The van der Waals surface area contributed by atoms with Gasteiger partial charge < -0.3 is 9.52 Å². The molecule has 0 saturated carbocycles.